The van der Waals surface area contributed by atoms with Crippen molar-refractivity contribution in [2.45, 2.75) is 30.7 Å². The van der Waals surface area contributed by atoms with Crippen LogP contribution in [0.4, 0.5) is 0 Å². The molecule has 0 radical (unpaired) electrons. The average molecular weight is 315 g/mol. The molecule has 1 aromatic rings. The minimum atomic E-state index is 0. The molecule has 0 bridgehead atoms. The molecule has 1 N–H and O–H groups in total. The molecule has 1 fully saturated rings. The molecule has 5 heteroatoms. The van der Waals surface area contributed by atoms with E-state index in [1.807, 2.05) is 24.1 Å². The van der Waals surface area contributed by atoms with Gasteiger partial charge < -0.3 is 10.2 Å². The van der Waals surface area contributed by atoms with Gasteiger partial charge in [0, 0.05) is 24.0 Å². The van der Waals surface area contributed by atoms with E-state index in [-0.39, 0.29) is 18.3 Å². The molecule has 0 spiro atoms. The van der Waals surface area contributed by atoms with Crippen molar-refractivity contribution in [1.82, 2.24) is 10.2 Å². The number of nitrogens with one attached hydrogen (secondary N) is 1. The van der Waals surface area contributed by atoms with E-state index in [9.17, 15) is 4.79 Å². The third-order valence-electron chi connectivity index (χ3n) is 3.63. The number of benzene rings is 1. The first kappa shape index (κ1) is 17.3. The summed E-state index contributed by atoms with van der Waals surface area (Å²) in [5.41, 5.74) is 1.24. The Morgan fingerprint density at radius 3 is 2.90 bits per heavy atom. The Balaban J connectivity index is 0.00000200. The van der Waals surface area contributed by atoms with Gasteiger partial charge in [0.2, 0.25) is 5.91 Å². The van der Waals surface area contributed by atoms with Gasteiger partial charge in [0.1, 0.15) is 0 Å². The molecule has 1 amide bonds. The van der Waals surface area contributed by atoms with Crippen molar-refractivity contribution in [1.29, 1.82) is 0 Å². The van der Waals surface area contributed by atoms with E-state index in [0.717, 1.165) is 19.5 Å². The first-order chi connectivity index (χ1) is 9.20. The summed E-state index contributed by atoms with van der Waals surface area (Å²) >= 11 is 1.65. The van der Waals surface area contributed by atoms with Gasteiger partial charge >= 0.3 is 0 Å². The fourth-order valence-electron chi connectivity index (χ4n) is 2.39. The predicted molar refractivity (Wildman–Crippen MR) is 87.8 cm³/mol. The van der Waals surface area contributed by atoms with Crippen molar-refractivity contribution >= 4 is 30.1 Å². The molecular weight excluding hydrogens is 292 g/mol. The highest BCUT2D eigenvalue weighted by Crippen LogP contribution is 2.22. The van der Waals surface area contributed by atoms with Gasteiger partial charge in [0.05, 0.1) is 5.75 Å². The molecule has 0 aromatic heterocycles. The van der Waals surface area contributed by atoms with Gasteiger partial charge in [-0.15, -0.1) is 24.2 Å². The maximum Gasteiger partial charge on any atom is 0.232 e. The van der Waals surface area contributed by atoms with Gasteiger partial charge in [-0.05, 0) is 38.4 Å². The summed E-state index contributed by atoms with van der Waals surface area (Å²) in [5.74, 6) is 0.801. The van der Waals surface area contributed by atoms with Crippen LogP contribution in [0, 0.1) is 6.92 Å². The topological polar surface area (TPSA) is 32.3 Å². The van der Waals surface area contributed by atoms with Crippen molar-refractivity contribution in [3.8, 4) is 0 Å². The van der Waals surface area contributed by atoms with Crippen LogP contribution in [0.5, 0.6) is 0 Å². The minimum Gasteiger partial charge on any atom is -0.340 e. The molecule has 1 aliphatic heterocycles. The smallest absolute Gasteiger partial charge is 0.232 e. The van der Waals surface area contributed by atoms with Crippen molar-refractivity contribution in [3.63, 3.8) is 0 Å². The summed E-state index contributed by atoms with van der Waals surface area (Å²) in [6.45, 7) is 3.85. The molecule has 112 valence electrons. The first-order valence-corrected chi connectivity index (χ1v) is 7.82. The number of aryl methyl sites for hydroxylation is 1. The molecule has 2 rings (SSSR count). The van der Waals surface area contributed by atoms with E-state index >= 15 is 0 Å². The van der Waals surface area contributed by atoms with Crippen LogP contribution in [0.15, 0.2) is 29.2 Å². The lowest BCUT2D eigenvalue weighted by molar-refractivity contribution is -0.129. The molecule has 1 saturated heterocycles. The van der Waals surface area contributed by atoms with Crippen LogP contribution < -0.4 is 5.32 Å². The van der Waals surface area contributed by atoms with Gasteiger partial charge in [0.15, 0.2) is 0 Å². The molecule has 0 aliphatic carbocycles. The Morgan fingerprint density at radius 2 is 2.20 bits per heavy atom. The van der Waals surface area contributed by atoms with Crippen LogP contribution in [0.3, 0.4) is 0 Å². The number of hydrogen-bond donors (Lipinski definition) is 1. The Hall–Kier alpha value is -0.710. The second-order valence-corrected chi connectivity index (χ2v) is 6.04. The summed E-state index contributed by atoms with van der Waals surface area (Å²) in [4.78, 5) is 15.4. The monoisotopic (exact) mass is 314 g/mol. The standard InChI is InChI=1S/C15H22N2OS.ClH/c1-12-6-3-4-8-14(12)19-11-15(18)17-9-5-7-13(10-17)16-2;/h3-4,6,8,13,16H,5,7,9-11H2,1-2H3;1H. The maximum atomic E-state index is 12.2. The van der Waals surface area contributed by atoms with Gasteiger partial charge in [0.25, 0.3) is 0 Å². The van der Waals surface area contributed by atoms with Crippen molar-refractivity contribution in [2.75, 3.05) is 25.9 Å². The summed E-state index contributed by atoms with van der Waals surface area (Å²) < 4.78 is 0. The molecule has 0 saturated carbocycles. The van der Waals surface area contributed by atoms with Crippen LogP contribution in [-0.2, 0) is 4.79 Å². The van der Waals surface area contributed by atoms with Gasteiger partial charge in [-0.2, -0.15) is 0 Å². The van der Waals surface area contributed by atoms with Crippen LogP contribution in [0.25, 0.3) is 0 Å². The number of nitrogens with zero attached hydrogens (tertiary/aromatic N) is 1. The van der Waals surface area contributed by atoms with Crippen LogP contribution >= 0.6 is 24.2 Å². The molecule has 3 nitrogen and oxygen atoms in total. The number of halogens is 1. The molecule has 1 aliphatic rings. The SMILES string of the molecule is CNC1CCCN(C(=O)CSc2ccccc2C)C1.Cl. The highest BCUT2D eigenvalue weighted by atomic mass is 35.5. The third-order valence-corrected chi connectivity index (χ3v) is 4.79. The summed E-state index contributed by atoms with van der Waals surface area (Å²) in [6, 6.07) is 8.69. The molecule has 1 aromatic carbocycles. The molecule has 1 atom stereocenters. The second-order valence-electron chi connectivity index (χ2n) is 5.02. The van der Waals surface area contributed by atoms with Gasteiger partial charge in [-0.25, -0.2) is 0 Å². The second kappa shape index (κ2) is 8.55. The number of carbonyl (C=O) groups excluding carboxylic acids is 1. The highest BCUT2D eigenvalue weighted by Gasteiger charge is 2.22. The zero-order valence-electron chi connectivity index (χ0n) is 12.1. The van der Waals surface area contributed by atoms with E-state index < -0.39 is 0 Å². The average Bonchev–Trinajstić information content (AvgIpc) is 2.46. The number of likely N-dealkylation sites (N-methyl/N-ethyl adjacent to an activating group) is 1. The van der Waals surface area contributed by atoms with Crippen LogP contribution in [0.2, 0.25) is 0 Å². The number of likely N-dealkylation sites (tertiary alicyclic amines) is 1. The van der Waals surface area contributed by atoms with Crippen molar-refractivity contribution < 1.29 is 4.79 Å². The number of rotatable bonds is 4. The highest BCUT2D eigenvalue weighted by molar-refractivity contribution is 8.00. The van der Waals surface area contributed by atoms with Gasteiger partial charge in [-0.3, -0.25) is 4.79 Å². The van der Waals surface area contributed by atoms with E-state index in [0.29, 0.717) is 11.8 Å². The largest absolute Gasteiger partial charge is 0.340 e. The fraction of sp³-hybridized carbons (Fsp3) is 0.533. The predicted octanol–water partition coefficient (Wildman–Crippen LogP) is 2.72. The lowest BCUT2D eigenvalue weighted by atomic mass is 10.1. The number of amides is 1. The lowest BCUT2D eigenvalue weighted by Gasteiger charge is -2.32. The van der Waals surface area contributed by atoms with Gasteiger partial charge in [-0.1, -0.05) is 18.2 Å². The number of thioether (sulfide) groups is 1. The Bertz CT molecular complexity index is 442. The number of piperidine rings is 1. The van der Waals surface area contributed by atoms with Crippen LogP contribution in [-0.4, -0.2) is 42.7 Å². The summed E-state index contributed by atoms with van der Waals surface area (Å²) in [5, 5.41) is 3.27. The molecular formula is C15H23ClN2OS. The van der Waals surface area contributed by atoms with Crippen molar-refractivity contribution in [2.24, 2.45) is 0 Å². The lowest BCUT2D eigenvalue weighted by Crippen LogP contribution is -2.47. The van der Waals surface area contributed by atoms with E-state index in [1.165, 1.54) is 16.9 Å². The van der Waals surface area contributed by atoms with E-state index in [4.69, 9.17) is 0 Å². The van der Waals surface area contributed by atoms with E-state index in [2.05, 4.69) is 24.4 Å². The fourth-order valence-corrected chi connectivity index (χ4v) is 3.32. The van der Waals surface area contributed by atoms with E-state index in [1.54, 1.807) is 11.8 Å². The quantitative estimate of drug-likeness (QED) is 0.867. The number of carbonyl (C=O) groups is 1. The molecule has 20 heavy (non-hydrogen) atoms. The summed E-state index contributed by atoms with van der Waals surface area (Å²) in [7, 11) is 1.97. The molecule has 1 heterocycles. The Labute approximate surface area is 131 Å². The number of hydrogen-bond acceptors (Lipinski definition) is 3. The minimum absolute atomic E-state index is 0. The normalized spacial score (nSPS) is 18.5. The Kier molecular flexibility index (Phi) is 7.41. The zero-order valence-corrected chi connectivity index (χ0v) is 13.7. The van der Waals surface area contributed by atoms with Crippen LogP contribution in [0.1, 0.15) is 18.4 Å². The first-order valence-electron chi connectivity index (χ1n) is 6.84. The zero-order chi connectivity index (χ0) is 13.7. The molecule has 1 unspecified atom stereocenters. The third kappa shape index (κ3) is 4.69. The summed E-state index contributed by atoms with van der Waals surface area (Å²) in [6.07, 6.45) is 2.28. The van der Waals surface area contributed by atoms with Crippen molar-refractivity contribution in [3.05, 3.63) is 29.8 Å². The Morgan fingerprint density at radius 1 is 1.45 bits per heavy atom. The maximum absolute atomic E-state index is 12.2.